The number of rotatable bonds is 1. The lowest BCUT2D eigenvalue weighted by atomic mass is 9.93. The topological polar surface area (TPSA) is 15.8 Å². The summed E-state index contributed by atoms with van der Waals surface area (Å²) in [5.41, 5.74) is 0.311. The molecule has 2 nitrogen and oxygen atoms in total. The maximum atomic E-state index is 5.65. The number of piperidine rings is 1. The Balaban J connectivity index is 0.000000461. The molecule has 0 bridgehead atoms. The summed E-state index contributed by atoms with van der Waals surface area (Å²) in [4.78, 5) is 2.54. The quantitative estimate of drug-likeness (QED) is 0.603. The van der Waals surface area contributed by atoms with Gasteiger partial charge in [0.2, 0.25) is 0 Å². The van der Waals surface area contributed by atoms with E-state index < -0.39 is 0 Å². The second-order valence-corrected chi connectivity index (χ2v) is 4.45. The summed E-state index contributed by atoms with van der Waals surface area (Å²) in [5, 5.41) is 0. The average molecular weight is 199 g/mol. The predicted molar refractivity (Wildman–Crippen MR) is 60.6 cm³/mol. The van der Waals surface area contributed by atoms with Gasteiger partial charge in [-0.2, -0.15) is 0 Å². The largest absolute Gasteiger partial charge is 0.366 e. The van der Waals surface area contributed by atoms with Gasteiger partial charge in [0.15, 0.2) is 0 Å². The Morgan fingerprint density at radius 3 is 1.93 bits per heavy atom. The molecule has 2 fully saturated rings. The van der Waals surface area contributed by atoms with Crippen molar-refractivity contribution in [3.63, 3.8) is 0 Å². The monoisotopic (exact) mass is 199 g/mol. The summed E-state index contributed by atoms with van der Waals surface area (Å²) < 4.78 is 5.65. The van der Waals surface area contributed by atoms with Crippen LogP contribution in [0.25, 0.3) is 0 Å². The van der Waals surface area contributed by atoms with Crippen molar-refractivity contribution >= 4 is 0 Å². The smallest absolute Gasteiger partial charge is 0.0969 e. The van der Waals surface area contributed by atoms with E-state index in [-0.39, 0.29) is 0 Å². The third-order valence-electron chi connectivity index (χ3n) is 3.47. The zero-order chi connectivity index (χ0) is 10.8. The first-order chi connectivity index (χ1) is 6.64. The fourth-order valence-corrected chi connectivity index (χ4v) is 2.26. The van der Waals surface area contributed by atoms with Crippen LogP contribution < -0.4 is 0 Å². The standard InChI is InChI=1S/C10H19NO.C2H6/c1-8(2)11-6-4-10(5-7-11)9(3)12-10;1-2/h8-9H,4-7H2,1-3H3;1-2H3. The Hall–Kier alpha value is -0.0800. The Kier molecular flexibility index (Phi) is 3.96. The summed E-state index contributed by atoms with van der Waals surface area (Å²) in [6.45, 7) is 13.2. The van der Waals surface area contributed by atoms with Gasteiger partial charge in [0.1, 0.15) is 0 Å². The Morgan fingerprint density at radius 2 is 1.64 bits per heavy atom. The van der Waals surface area contributed by atoms with Crippen LogP contribution in [0.5, 0.6) is 0 Å². The van der Waals surface area contributed by atoms with Crippen LogP contribution in [0, 0.1) is 0 Å². The SMILES string of the molecule is CC.CC(C)N1CCC2(CC1)OC2C. The molecule has 1 atom stereocenters. The highest BCUT2D eigenvalue weighted by Crippen LogP contribution is 2.44. The highest BCUT2D eigenvalue weighted by molar-refractivity contribution is 5.03. The van der Waals surface area contributed by atoms with Gasteiger partial charge in [0, 0.05) is 19.1 Å². The summed E-state index contributed by atoms with van der Waals surface area (Å²) in [6, 6.07) is 0.705. The molecule has 0 aliphatic carbocycles. The molecular weight excluding hydrogens is 174 g/mol. The Bertz CT molecular complexity index is 171. The number of likely N-dealkylation sites (tertiary alicyclic amines) is 1. The van der Waals surface area contributed by atoms with Gasteiger partial charge in [-0.25, -0.2) is 0 Å². The minimum absolute atomic E-state index is 0.311. The van der Waals surface area contributed by atoms with E-state index in [0.29, 0.717) is 17.7 Å². The summed E-state index contributed by atoms with van der Waals surface area (Å²) in [6.07, 6.45) is 3.02. The number of nitrogens with zero attached hydrogens (tertiary/aromatic N) is 1. The second-order valence-electron chi connectivity index (χ2n) is 4.45. The van der Waals surface area contributed by atoms with Crippen LogP contribution in [0.1, 0.15) is 47.5 Å². The predicted octanol–water partition coefficient (Wildman–Crippen LogP) is 2.67. The molecular formula is C12H25NO. The second kappa shape index (κ2) is 4.63. The summed E-state index contributed by atoms with van der Waals surface area (Å²) in [5.74, 6) is 0. The minimum Gasteiger partial charge on any atom is -0.366 e. The lowest BCUT2D eigenvalue weighted by Crippen LogP contribution is -2.42. The first-order valence-electron chi connectivity index (χ1n) is 6.06. The van der Waals surface area contributed by atoms with Crippen molar-refractivity contribution in [2.75, 3.05) is 13.1 Å². The molecule has 0 radical (unpaired) electrons. The molecule has 2 saturated heterocycles. The Labute approximate surface area is 88.6 Å². The fourth-order valence-electron chi connectivity index (χ4n) is 2.26. The first kappa shape index (κ1) is 12.0. The van der Waals surface area contributed by atoms with Crippen LogP contribution in [-0.4, -0.2) is 35.7 Å². The molecule has 0 aromatic rings. The number of ether oxygens (including phenoxy) is 1. The molecule has 2 heteroatoms. The van der Waals surface area contributed by atoms with E-state index >= 15 is 0 Å². The molecule has 2 aliphatic heterocycles. The number of epoxide rings is 1. The van der Waals surface area contributed by atoms with Crippen molar-refractivity contribution in [3.05, 3.63) is 0 Å². The van der Waals surface area contributed by atoms with E-state index in [1.165, 1.54) is 25.9 Å². The van der Waals surface area contributed by atoms with E-state index in [9.17, 15) is 0 Å². The molecule has 84 valence electrons. The van der Waals surface area contributed by atoms with Gasteiger partial charge in [-0.1, -0.05) is 13.8 Å². The van der Waals surface area contributed by atoms with Crippen molar-refractivity contribution < 1.29 is 4.74 Å². The van der Waals surface area contributed by atoms with Gasteiger partial charge in [0.05, 0.1) is 11.7 Å². The van der Waals surface area contributed by atoms with E-state index in [4.69, 9.17) is 4.74 Å². The first-order valence-corrected chi connectivity index (χ1v) is 6.06. The van der Waals surface area contributed by atoms with E-state index in [2.05, 4.69) is 25.7 Å². The van der Waals surface area contributed by atoms with Crippen molar-refractivity contribution in [2.45, 2.75) is 65.2 Å². The third-order valence-corrected chi connectivity index (χ3v) is 3.47. The summed E-state index contributed by atoms with van der Waals surface area (Å²) >= 11 is 0. The molecule has 0 saturated carbocycles. The van der Waals surface area contributed by atoms with Crippen LogP contribution in [0.2, 0.25) is 0 Å². The van der Waals surface area contributed by atoms with Crippen LogP contribution in [0.4, 0.5) is 0 Å². The van der Waals surface area contributed by atoms with E-state index in [1.807, 2.05) is 13.8 Å². The number of hydrogen-bond donors (Lipinski definition) is 0. The maximum absolute atomic E-state index is 5.65. The lowest BCUT2D eigenvalue weighted by molar-refractivity contribution is 0.122. The van der Waals surface area contributed by atoms with Gasteiger partial charge in [-0.05, 0) is 33.6 Å². The zero-order valence-corrected chi connectivity index (χ0v) is 10.3. The molecule has 1 spiro atoms. The highest BCUT2D eigenvalue weighted by atomic mass is 16.6. The van der Waals surface area contributed by atoms with Crippen LogP contribution in [0.3, 0.4) is 0 Å². The molecule has 2 heterocycles. The molecule has 0 N–H and O–H groups in total. The molecule has 1 unspecified atom stereocenters. The maximum Gasteiger partial charge on any atom is 0.0969 e. The zero-order valence-electron chi connectivity index (χ0n) is 10.3. The summed E-state index contributed by atoms with van der Waals surface area (Å²) in [7, 11) is 0. The molecule has 14 heavy (non-hydrogen) atoms. The normalized spacial score (nSPS) is 30.0. The van der Waals surface area contributed by atoms with Gasteiger partial charge in [-0.3, -0.25) is 0 Å². The fraction of sp³-hybridized carbons (Fsp3) is 1.00. The van der Waals surface area contributed by atoms with Crippen molar-refractivity contribution in [2.24, 2.45) is 0 Å². The van der Waals surface area contributed by atoms with Crippen LogP contribution in [0.15, 0.2) is 0 Å². The van der Waals surface area contributed by atoms with Gasteiger partial charge in [-0.15, -0.1) is 0 Å². The third kappa shape index (κ3) is 2.29. The van der Waals surface area contributed by atoms with Crippen molar-refractivity contribution in [1.29, 1.82) is 0 Å². The van der Waals surface area contributed by atoms with E-state index in [0.717, 1.165) is 0 Å². The molecule has 2 rings (SSSR count). The van der Waals surface area contributed by atoms with Crippen LogP contribution in [-0.2, 0) is 4.74 Å². The average Bonchev–Trinajstić information content (AvgIpc) is 2.80. The van der Waals surface area contributed by atoms with Gasteiger partial charge in [0.25, 0.3) is 0 Å². The molecule has 0 amide bonds. The van der Waals surface area contributed by atoms with E-state index in [1.54, 1.807) is 0 Å². The van der Waals surface area contributed by atoms with Crippen molar-refractivity contribution in [3.8, 4) is 0 Å². The molecule has 0 aromatic carbocycles. The van der Waals surface area contributed by atoms with Gasteiger partial charge < -0.3 is 9.64 Å². The lowest BCUT2D eigenvalue weighted by Gasteiger charge is -2.33. The van der Waals surface area contributed by atoms with Crippen LogP contribution >= 0.6 is 0 Å². The molecule has 2 aliphatic rings. The molecule has 0 aromatic heterocycles. The van der Waals surface area contributed by atoms with Gasteiger partial charge >= 0.3 is 0 Å². The minimum atomic E-state index is 0.311. The van der Waals surface area contributed by atoms with Crippen molar-refractivity contribution in [1.82, 2.24) is 4.90 Å². The number of hydrogen-bond acceptors (Lipinski definition) is 2. The Morgan fingerprint density at radius 1 is 1.21 bits per heavy atom. The highest BCUT2D eigenvalue weighted by Gasteiger charge is 2.54.